The molecule has 0 amide bonds. The second kappa shape index (κ2) is 6.38. The molecule has 1 aromatic heterocycles. The first-order chi connectivity index (χ1) is 10.7. The fourth-order valence-electron chi connectivity index (χ4n) is 3.65. The highest BCUT2D eigenvalue weighted by molar-refractivity contribution is 7.10. The Kier molecular flexibility index (Phi) is 4.63. The molecule has 1 aromatic carbocycles. The van der Waals surface area contributed by atoms with Gasteiger partial charge in [-0.05, 0) is 48.9 Å². The van der Waals surface area contributed by atoms with E-state index in [0.717, 1.165) is 24.3 Å². The van der Waals surface area contributed by atoms with Crippen molar-refractivity contribution >= 4 is 22.9 Å². The van der Waals surface area contributed by atoms with E-state index in [4.69, 9.17) is 0 Å². The van der Waals surface area contributed by atoms with Crippen LogP contribution >= 0.6 is 11.3 Å². The Balaban J connectivity index is 0.00000156. The van der Waals surface area contributed by atoms with E-state index in [-0.39, 0.29) is 17.0 Å². The molecule has 4 rings (SSSR count). The summed E-state index contributed by atoms with van der Waals surface area (Å²) < 4.78 is 2.23. The van der Waals surface area contributed by atoms with Gasteiger partial charge < -0.3 is 22.1 Å². The molecule has 0 saturated carbocycles. The number of aliphatic hydroxyl groups is 1. The van der Waals surface area contributed by atoms with Crippen LogP contribution in [0.5, 0.6) is 0 Å². The van der Waals surface area contributed by atoms with E-state index in [9.17, 15) is 5.11 Å². The number of hydrogen-bond donors (Lipinski definition) is 1. The number of amidine groups is 1. The Bertz CT molecular complexity index is 728. The largest absolute Gasteiger partial charge is 1.00 e. The monoisotopic (exact) mass is 392 g/mol. The molecular weight excluding hydrogens is 372 g/mol. The first-order valence-corrected chi connectivity index (χ1v) is 8.80. The van der Waals surface area contributed by atoms with Gasteiger partial charge in [0.1, 0.15) is 5.69 Å². The lowest BCUT2D eigenvalue weighted by molar-refractivity contribution is -0.660. The molecule has 0 radical (unpaired) electrons. The van der Waals surface area contributed by atoms with Gasteiger partial charge in [0, 0.05) is 6.42 Å². The first-order valence-electron chi connectivity index (χ1n) is 7.92. The standard InChI is InChI=1S/C18H21N2OS.BrH/c1-14-6-4-7-15(12-14)19-13-18(21,16-8-5-11-22-16)20-10-3-2-9-17(19)20;/h4-8,11-12,21H,2-3,9-10,13H2,1H3;1H/q+1;/p-1. The van der Waals surface area contributed by atoms with Gasteiger partial charge in [0.15, 0.2) is 6.54 Å². The zero-order chi connectivity index (χ0) is 15.2. The third kappa shape index (κ3) is 2.75. The smallest absolute Gasteiger partial charge is 0.280 e. The van der Waals surface area contributed by atoms with Gasteiger partial charge >= 0.3 is 0 Å². The Morgan fingerprint density at radius 3 is 2.83 bits per heavy atom. The summed E-state index contributed by atoms with van der Waals surface area (Å²) in [5.74, 6) is 1.27. The fraction of sp³-hybridized carbons (Fsp3) is 0.389. The van der Waals surface area contributed by atoms with Crippen LogP contribution in [0.15, 0.2) is 41.8 Å². The van der Waals surface area contributed by atoms with E-state index >= 15 is 0 Å². The van der Waals surface area contributed by atoms with Crippen molar-refractivity contribution in [2.75, 3.05) is 18.0 Å². The maximum atomic E-state index is 11.4. The molecule has 1 unspecified atom stereocenters. The number of rotatable bonds is 2. The summed E-state index contributed by atoms with van der Waals surface area (Å²) in [7, 11) is 0. The number of anilines is 1. The molecule has 23 heavy (non-hydrogen) atoms. The molecule has 0 fully saturated rings. The summed E-state index contributed by atoms with van der Waals surface area (Å²) in [5.41, 5.74) is 1.56. The molecule has 2 aliphatic rings. The summed E-state index contributed by atoms with van der Waals surface area (Å²) in [4.78, 5) is 3.35. The van der Waals surface area contributed by atoms with Crippen molar-refractivity contribution in [3.05, 3.63) is 52.2 Å². The number of hydrogen-bond acceptors (Lipinski definition) is 3. The summed E-state index contributed by atoms with van der Waals surface area (Å²) in [6.45, 7) is 3.67. The molecule has 122 valence electrons. The first kappa shape index (κ1) is 16.7. The third-order valence-electron chi connectivity index (χ3n) is 4.71. The molecule has 5 heteroatoms. The van der Waals surface area contributed by atoms with Gasteiger partial charge in [-0.3, -0.25) is 0 Å². The highest BCUT2D eigenvalue weighted by atomic mass is 79.9. The number of aryl methyl sites for hydroxylation is 1. The molecular formula is C18H21BrN2OS. The molecule has 0 spiro atoms. The number of nitrogens with zero attached hydrogens (tertiary/aromatic N) is 2. The average Bonchev–Trinajstić information content (AvgIpc) is 3.16. The summed E-state index contributed by atoms with van der Waals surface area (Å²) >= 11 is 1.64. The van der Waals surface area contributed by atoms with Crippen LogP contribution in [0.25, 0.3) is 0 Å². The van der Waals surface area contributed by atoms with Gasteiger partial charge in [0.05, 0.1) is 11.4 Å². The summed E-state index contributed by atoms with van der Waals surface area (Å²) in [5, 5.41) is 13.5. The van der Waals surface area contributed by atoms with Crippen LogP contribution in [0.1, 0.15) is 29.7 Å². The van der Waals surface area contributed by atoms with Gasteiger partial charge in [0.25, 0.3) is 11.6 Å². The zero-order valence-electron chi connectivity index (χ0n) is 13.2. The van der Waals surface area contributed by atoms with Crippen molar-refractivity contribution in [2.24, 2.45) is 0 Å². The highest BCUT2D eigenvalue weighted by Gasteiger charge is 2.53. The summed E-state index contributed by atoms with van der Waals surface area (Å²) in [6, 6.07) is 12.6. The normalized spacial score (nSPS) is 23.7. The SMILES string of the molecule is Cc1cccc(N2CC(O)(c3cccs3)[N+]3=C2CCCC3)c1.[Br-]. The minimum absolute atomic E-state index is 0. The van der Waals surface area contributed by atoms with Crippen molar-refractivity contribution in [1.29, 1.82) is 0 Å². The number of benzene rings is 1. The molecule has 3 nitrogen and oxygen atoms in total. The zero-order valence-corrected chi connectivity index (χ0v) is 15.6. The summed E-state index contributed by atoms with van der Waals surface area (Å²) in [6.07, 6.45) is 3.40. The van der Waals surface area contributed by atoms with Gasteiger partial charge in [-0.1, -0.05) is 18.2 Å². The molecule has 1 N–H and O–H groups in total. The van der Waals surface area contributed by atoms with Gasteiger partial charge in [-0.25, -0.2) is 9.48 Å². The Morgan fingerprint density at radius 2 is 2.09 bits per heavy atom. The van der Waals surface area contributed by atoms with E-state index < -0.39 is 5.72 Å². The Labute approximate surface area is 151 Å². The van der Waals surface area contributed by atoms with Crippen LogP contribution in [0, 0.1) is 6.92 Å². The predicted octanol–water partition coefficient (Wildman–Crippen LogP) is 0.321. The van der Waals surface area contributed by atoms with Crippen molar-refractivity contribution in [3.8, 4) is 0 Å². The minimum atomic E-state index is -0.881. The van der Waals surface area contributed by atoms with Crippen molar-refractivity contribution in [2.45, 2.75) is 31.9 Å². The maximum absolute atomic E-state index is 11.4. The molecule has 0 saturated heterocycles. The highest BCUT2D eigenvalue weighted by Crippen LogP contribution is 2.37. The molecule has 0 aliphatic carbocycles. The third-order valence-corrected chi connectivity index (χ3v) is 5.72. The Hall–Kier alpha value is -1.17. The van der Waals surface area contributed by atoms with Gasteiger partial charge in [-0.15, -0.1) is 11.3 Å². The maximum Gasteiger partial charge on any atom is 0.280 e. The van der Waals surface area contributed by atoms with Crippen LogP contribution in [-0.2, 0) is 5.72 Å². The van der Waals surface area contributed by atoms with Crippen LogP contribution in [0.4, 0.5) is 5.69 Å². The number of halogens is 1. The van der Waals surface area contributed by atoms with Crippen LogP contribution in [-0.4, -0.2) is 28.6 Å². The second-order valence-electron chi connectivity index (χ2n) is 6.24. The Morgan fingerprint density at radius 1 is 1.22 bits per heavy atom. The lowest BCUT2D eigenvalue weighted by Gasteiger charge is -2.22. The quantitative estimate of drug-likeness (QED) is 0.745. The van der Waals surface area contributed by atoms with Gasteiger partial charge in [0.2, 0.25) is 0 Å². The minimum Gasteiger partial charge on any atom is -1.00 e. The van der Waals surface area contributed by atoms with Crippen molar-refractivity contribution in [3.63, 3.8) is 0 Å². The molecule has 2 aromatic rings. The number of β-amino-alcohol motifs (C(OH)–C–C–N with tert-alkyl or cyclic N) is 1. The van der Waals surface area contributed by atoms with Crippen molar-refractivity contribution < 1.29 is 26.7 Å². The average molecular weight is 393 g/mol. The molecule has 1 atom stereocenters. The number of thiophene rings is 1. The molecule has 3 heterocycles. The van der Waals surface area contributed by atoms with E-state index in [0.29, 0.717) is 6.54 Å². The van der Waals surface area contributed by atoms with Gasteiger partial charge in [-0.2, -0.15) is 0 Å². The van der Waals surface area contributed by atoms with Crippen LogP contribution in [0.3, 0.4) is 0 Å². The van der Waals surface area contributed by atoms with E-state index in [2.05, 4.69) is 46.7 Å². The topological polar surface area (TPSA) is 26.5 Å². The molecule has 0 bridgehead atoms. The van der Waals surface area contributed by atoms with E-state index in [1.165, 1.54) is 23.5 Å². The molecule has 2 aliphatic heterocycles. The lowest BCUT2D eigenvalue weighted by atomic mass is 10.1. The van der Waals surface area contributed by atoms with Crippen LogP contribution in [0.2, 0.25) is 0 Å². The fourth-order valence-corrected chi connectivity index (χ4v) is 4.47. The van der Waals surface area contributed by atoms with E-state index in [1.807, 2.05) is 11.4 Å². The van der Waals surface area contributed by atoms with Crippen LogP contribution < -0.4 is 21.9 Å². The lowest BCUT2D eigenvalue weighted by Crippen LogP contribution is -3.00. The second-order valence-corrected chi connectivity index (χ2v) is 7.19. The predicted molar refractivity (Wildman–Crippen MR) is 90.7 cm³/mol. The van der Waals surface area contributed by atoms with Crippen molar-refractivity contribution in [1.82, 2.24) is 0 Å². The van der Waals surface area contributed by atoms with E-state index in [1.54, 1.807) is 11.3 Å².